The Kier molecular flexibility index (Phi) is 3.20. The van der Waals surface area contributed by atoms with Crippen molar-refractivity contribution in [2.75, 3.05) is 23.7 Å². The van der Waals surface area contributed by atoms with E-state index in [0.717, 1.165) is 25.2 Å². The number of piperidine rings is 1. The number of carboxylic acids is 1. The second-order valence-electron chi connectivity index (χ2n) is 5.73. The third-order valence-electron chi connectivity index (χ3n) is 3.55. The number of aromatic carboxylic acids is 1. The van der Waals surface area contributed by atoms with Gasteiger partial charge in [-0.15, -0.1) is 0 Å². The van der Waals surface area contributed by atoms with Gasteiger partial charge >= 0.3 is 5.97 Å². The molecule has 1 aromatic carbocycles. The van der Waals surface area contributed by atoms with Gasteiger partial charge in [-0.25, -0.2) is 4.79 Å². The van der Waals surface area contributed by atoms with Crippen LogP contribution >= 0.6 is 0 Å². The number of para-hydroxylation sites is 1. The minimum absolute atomic E-state index is 0.191. The molecule has 0 radical (unpaired) electrons. The molecular weight excluding hydrogens is 228 g/mol. The summed E-state index contributed by atoms with van der Waals surface area (Å²) in [5.74, 6) is -0.967. The van der Waals surface area contributed by atoms with Crippen LogP contribution < -0.4 is 10.6 Å². The Bertz CT molecular complexity index is 469. The molecule has 3 N–H and O–H groups in total. The summed E-state index contributed by atoms with van der Waals surface area (Å²) < 4.78 is 0. The van der Waals surface area contributed by atoms with Crippen LogP contribution in [0.25, 0.3) is 0 Å². The Morgan fingerprint density at radius 2 is 2.17 bits per heavy atom. The zero-order chi connectivity index (χ0) is 13.3. The predicted octanol–water partition coefficient (Wildman–Crippen LogP) is 2.59. The number of carboxylic acid groups (broad SMARTS) is 1. The summed E-state index contributed by atoms with van der Waals surface area (Å²) >= 11 is 0. The minimum atomic E-state index is -0.967. The molecule has 18 heavy (non-hydrogen) atoms. The molecule has 0 aliphatic carbocycles. The molecule has 1 fully saturated rings. The third kappa shape index (κ3) is 2.42. The van der Waals surface area contributed by atoms with Gasteiger partial charge in [0.15, 0.2) is 0 Å². The number of hydrogen-bond acceptors (Lipinski definition) is 3. The van der Waals surface area contributed by atoms with Crippen LogP contribution in [-0.4, -0.2) is 24.2 Å². The van der Waals surface area contributed by atoms with Crippen molar-refractivity contribution < 1.29 is 9.90 Å². The third-order valence-corrected chi connectivity index (χ3v) is 3.55. The van der Waals surface area contributed by atoms with Gasteiger partial charge in [-0.2, -0.15) is 0 Å². The fourth-order valence-electron chi connectivity index (χ4n) is 2.64. The van der Waals surface area contributed by atoms with Crippen molar-refractivity contribution in [2.45, 2.75) is 26.7 Å². The number of rotatable bonds is 2. The molecule has 1 aromatic rings. The quantitative estimate of drug-likeness (QED) is 0.789. The number of benzene rings is 1. The van der Waals surface area contributed by atoms with E-state index in [1.54, 1.807) is 12.1 Å². The van der Waals surface area contributed by atoms with Crippen LogP contribution in [0.3, 0.4) is 0 Å². The molecule has 1 heterocycles. The molecule has 1 aliphatic rings. The summed E-state index contributed by atoms with van der Waals surface area (Å²) in [5, 5.41) is 9.09. The van der Waals surface area contributed by atoms with Crippen molar-refractivity contribution in [3.63, 3.8) is 0 Å². The van der Waals surface area contributed by atoms with Gasteiger partial charge in [0, 0.05) is 13.1 Å². The maximum atomic E-state index is 11.1. The molecule has 1 saturated heterocycles. The second-order valence-corrected chi connectivity index (χ2v) is 5.73. The molecule has 1 aliphatic heterocycles. The van der Waals surface area contributed by atoms with Crippen LogP contribution in [0.5, 0.6) is 0 Å². The van der Waals surface area contributed by atoms with Crippen LogP contribution in [-0.2, 0) is 0 Å². The lowest BCUT2D eigenvalue weighted by molar-refractivity contribution is 0.0698. The smallest absolute Gasteiger partial charge is 0.337 e. The van der Waals surface area contributed by atoms with Crippen LogP contribution in [0.15, 0.2) is 18.2 Å². The first-order valence-electron chi connectivity index (χ1n) is 6.27. The van der Waals surface area contributed by atoms with Crippen molar-refractivity contribution in [2.24, 2.45) is 5.41 Å². The minimum Gasteiger partial charge on any atom is -0.478 e. The van der Waals surface area contributed by atoms with E-state index in [-0.39, 0.29) is 11.0 Å². The lowest BCUT2D eigenvalue weighted by Gasteiger charge is -2.40. The predicted molar refractivity (Wildman–Crippen MR) is 73.0 cm³/mol. The summed E-state index contributed by atoms with van der Waals surface area (Å²) in [5.41, 5.74) is 7.65. The fraction of sp³-hybridized carbons (Fsp3) is 0.500. The highest BCUT2D eigenvalue weighted by Gasteiger charge is 2.28. The van der Waals surface area contributed by atoms with E-state index in [9.17, 15) is 4.79 Å². The summed E-state index contributed by atoms with van der Waals surface area (Å²) in [7, 11) is 0. The molecule has 0 aromatic heterocycles. The van der Waals surface area contributed by atoms with Crippen molar-refractivity contribution in [1.82, 2.24) is 0 Å². The average molecular weight is 248 g/mol. The molecule has 0 saturated carbocycles. The number of nitrogens with zero attached hydrogens (tertiary/aromatic N) is 1. The van der Waals surface area contributed by atoms with E-state index < -0.39 is 5.97 Å². The Morgan fingerprint density at radius 3 is 2.78 bits per heavy atom. The molecule has 0 atom stereocenters. The number of hydrogen-bond donors (Lipinski definition) is 2. The maximum absolute atomic E-state index is 11.1. The van der Waals surface area contributed by atoms with E-state index >= 15 is 0 Å². The molecule has 4 nitrogen and oxygen atoms in total. The van der Waals surface area contributed by atoms with Gasteiger partial charge in [-0.05, 0) is 30.4 Å². The summed E-state index contributed by atoms with van der Waals surface area (Å²) in [6.07, 6.45) is 2.31. The van der Waals surface area contributed by atoms with Gasteiger partial charge in [-0.3, -0.25) is 0 Å². The van der Waals surface area contributed by atoms with Gasteiger partial charge in [0.1, 0.15) is 0 Å². The van der Waals surface area contributed by atoms with Crippen molar-refractivity contribution in [3.8, 4) is 0 Å². The largest absolute Gasteiger partial charge is 0.478 e. The first kappa shape index (κ1) is 12.7. The number of nitrogens with two attached hydrogens (primary N) is 1. The Morgan fingerprint density at radius 1 is 1.44 bits per heavy atom. The van der Waals surface area contributed by atoms with Gasteiger partial charge in [0.05, 0.1) is 16.9 Å². The van der Waals surface area contributed by atoms with Gasteiger partial charge < -0.3 is 15.7 Å². The normalized spacial score (nSPS) is 18.7. The van der Waals surface area contributed by atoms with E-state index in [4.69, 9.17) is 10.8 Å². The number of anilines is 2. The van der Waals surface area contributed by atoms with Gasteiger partial charge in [-0.1, -0.05) is 19.9 Å². The Hall–Kier alpha value is -1.71. The van der Waals surface area contributed by atoms with Crippen molar-refractivity contribution in [1.29, 1.82) is 0 Å². The zero-order valence-corrected chi connectivity index (χ0v) is 10.9. The maximum Gasteiger partial charge on any atom is 0.337 e. The molecule has 4 heteroatoms. The van der Waals surface area contributed by atoms with Crippen molar-refractivity contribution in [3.05, 3.63) is 23.8 Å². The van der Waals surface area contributed by atoms with Crippen LogP contribution in [0, 0.1) is 5.41 Å². The van der Waals surface area contributed by atoms with E-state index in [1.165, 1.54) is 6.42 Å². The highest BCUT2D eigenvalue weighted by atomic mass is 16.4. The number of nitrogen functional groups attached to an aromatic ring is 1. The van der Waals surface area contributed by atoms with Gasteiger partial charge in [0.2, 0.25) is 0 Å². The molecule has 0 unspecified atom stereocenters. The molecular formula is C14H20N2O2. The van der Waals surface area contributed by atoms with Crippen LogP contribution in [0.2, 0.25) is 0 Å². The molecule has 2 rings (SSSR count). The Labute approximate surface area is 107 Å². The lowest BCUT2D eigenvalue weighted by Crippen LogP contribution is -2.40. The SMILES string of the molecule is CC1(C)CCCN(c2cccc(C(=O)O)c2N)C1. The molecule has 98 valence electrons. The van der Waals surface area contributed by atoms with Crippen LogP contribution in [0.4, 0.5) is 11.4 Å². The average Bonchev–Trinajstić information content (AvgIpc) is 2.27. The molecule has 0 amide bonds. The number of carbonyl (C=O) groups is 1. The van der Waals surface area contributed by atoms with Crippen LogP contribution in [0.1, 0.15) is 37.0 Å². The topological polar surface area (TPSA) is 66.6 Å². The van der Waals surface area contributed by atoms with E-state index in [2.05, 4.69) is 18.7 Å². The summed E-state index contributed by atoms with van der Waals surface area (Å²) in [4.78, 5) is 13.3. The molecule has 0 spiro atoms. The summed E-state index contributed by atoms with van der Waals surface area (Å²) in [6, 6.07) is 5.22. The highest BCUT2D eigenvalue weighted by Crippen LogP contribution is 2.35. The monoisotopic (exact) mass is 248 g/mol. The van der Waals surface area contributed by atoms with E-state index in [1.807, 2.05) is 6.07 Å². The second kappa shape index (κ2) is 4.52. The van der Waals surface area contributed by atoms with Crippen molar-refractivity contribution >= 4 is 17.3 Å². The van der Waals surface area contributed by atoms with E-state index in [0.29, 0.717) is 5.69 Å². The molecule has 0 bridgehead atoms. The standard InChI is InChI=1S/C14H20N2O2/c1-14(2)7-4-8-16(9-14)11-6-3-5-10(12(11)15)13(17)18/h3,5-6H,4,7-9,15H2,1-2H3,(H,17,18). The highest BCUT2D eigenvalue weighted by molar-refractivity contribution is 5.97. The first-order valence-corrected chi connectivity index (χ1v) is 6.27. The fourth-order valence-corrected chi connectivity index (χ4v) is 2.64. The first-order chi connectivity index (χ1) is 8.41. The zero-order valence-electron chi connectivity index (χ0n) is 10.9. The summed E-state index contributed by atoms with van der Waals surface area (Å²) in [6.45, 7) is 6.32. The lowest BCUT2D eigenvalue weighted by atomic mass is 9.84. The van der Waals surface area contributed by atoms with Gasteiger partial charge in [0.25, 0.3) is 0 Å². The Balaban J connectivity index is 2.34.